The molecule has 0 saturated heterocycles. The first-order chi connectivity index (χ1) is 8.97. The summed E-state index contributed by atoms with van der Waals surface area (Å²) in [6, 6.07) is 5.45. The van der Waals surface area contributed by atoms with Crippen molar-refractivity contribution in [2.45, 2.75) is 20.5 Å². The molecule has 0 radical (unpaired) electrons. The number of aromatic nitrogens is 3. The van der Waals surface area contributed by atoms with E-state index in [0.717, 1.165) is 15.9 Å². The van der Waals surface area contributed by atoms with E-state index in [-0.39, 0.29) is 12.6 Å². The van der Waals surface area contributed by atoms with Gasteiger partial charge in [-0.2, -0.15) is 0 Å². The van der Waals surface area contributed by atoms with Gasteiger partial charge in [0.15, 0.2) is 12.4 Å². The minimum absolute atomic E-state index is 0.113. The molecule has 0 amide bonds. The van der Waals surface area contributed by atoms with Crippen LogP contribution < -0.4 is 0 Å². The lowest BCUT2D eigenvalue weighted by Crippen LogP contribution is -2.09. The van der Waals surface area contributed by atoms with Gasteiger partial charge in [-0.1, -0.05) is 15.9 Å². The number of carbonyl (C=O) groups is 1. The molecule has 5 nitrogen and oxygen atoms in total. The number of hydrogen-bond donors (Lipinski definition) is 0. The molecule has 0 N–H and O–H groups in total. The van der Waals surface area contributed by atoms with E-state index in [1.165, 1.54) is 0 Å². The lowest BCUT2D eigenvalue weighted by molar-refractivity contribution is 0.0458. The van der Waals surface area contributed by atoms with Crippen LogP contribution in [0.1, 0.15) is 27.6 Å². The molecule has 2 aromatic rings. The first-order valence-corrected chi connectivity index (χ1v) is 6.56. The fourth-order valence-corrected chi connectivity index (χ4v) is 2.25. The molecule has 0 aliphatic carbocycles. The van der Waals surface area contributed by atoms with Crippen LogP contribution >= 0.6 is 15.9 Å². The van der Waals surface area contributed by atoms with Gasteiger partial charge in [0.05, 0.1) is 5.56 Å². The summed E-state index contributed by atoms with van der Waals surface area (Å²) in [7, 11) is 1.84. The smallest absolute Gasteiger partial charge is 0.338 e. The van der Waals surface area contributed by atoms with Crippen LogP contribution in [0.25, 0.3) is 0 Å². The molecule has 0 bridgehead atoms. The Balaban J connectivity index is 2.07. The third kappa shape index (κ3) is 3.20. The Bertz CT molecular complexity index is 602. The van der Waals surface area contributed by atoms with Crippen molar-refractivity contribution in [3.8, 4) is 0 Å². The molecule has 0 aliphatic heterocycles. The van der Waals surface area contributed by atoms with Crippen molar-refractivity contribution in [3.05, 3.63) is 45.4 Å². The van der Waals surface area contributed by atoms with Gasteiger partial charge in [-0.05, 0) is 37.6 Å². The number of ether oxygens (including phenoxy) is 1. The maximum Gasteiger partial charge on any atom is 0.338 e. The third-order valence-electron chi connectivity index (χ3n) is 2.79. The molecule has 0 aliphatic rings. The summed E-state index contributed by atoms with van der Waals surface area (Å²) in [5, 5.41) is 7.85. The maximum atomic E-state index is 11.9. The minimum atomic E-state index is -0.370. The standard InChI is InChI=1S/C13H14BrN3O2/c1-8-4-10(6-11(14)5-8)13(18)19-7-12-16-15-9(2)17(12)3/h4-6H,7H2,1-3H3. The van der Waals surface area contributed by atoms with Crippen LogP contribution in [0.5, 0.6) is 0 Å². The van der Waals surface area contributed by atoms with Crippen molar-refractivity contribution in [2.24, 2.45) is 7.05 Å². The summed E-state index contributed by atoms with van der Waals surface area (Å²) in [6.07, 6.45) is 0. The van der Waals surface area contributed by atoms with E-state index in [2.05, 4.69) is 26.1 Å². The normalized spacial score (nSPS) is 10.5. The minimum Gasteiger partial charge on any atom is -0.454 e. The van der Waals surface area contributed by atoms with E-state index in [0.29, 0.717) is 11.4 Å². The van der Waals surface area contributed by atoms with E-state index >= 15 is 0 Å². The quantitative estimate of drug-likeness (QED) is 0.814. The second kappa shape index (κ2) is 5.52. The number of rotatable bonds is 3. The van der Waals surface area contributed by atoms with E-state index in [1.807, 2.05) is 27.0 Å². The van der Waals surface area contributed by atoms with Gasteiger partial charge in [0.2, 0.25) is 0 Å². The SMILES string of the molecule is Cc1cc(Br)cc(C(=O)OCc2nnc(C)n2C)c1. The second-order valence-electron chi connectivity index (χ2n) is 4.32. The van der Waals surface area contributed by atoms with Gasteiger partial charge < -0.3 is 9.30 Å². The van der Waals surface area contributed by atoms with Crippen molar-refractivity contribution in [1.29, 1.82) is 0 Å². The zero-order valence-corrected chi connectivity index (χ0v) is 12.6. The Kier molecular flexibility index (Phi) is 3.99. The Morgan fingerprint density at radius 3 is 2.63 bits per heavy atom. The van der Waals surface area contributed by atoms with Crippen molar-refractivity contribution >= 4 is 21.9 Å². The summed E-state index contributed by atoms with van der Waals surface area (Å²) in [5.41, 5.74) is 1.52. The highest BCUT2D eigenvalue weighted by Crippen LogP contribution is 2.16. The summed E-state index contributed by atoms with van der Waals surface area (Å²) < 4.78 is 7.88. The fraction of sp³-hybridized carbons (Fsp3) is 0.308. The van der Waals surface area contributed by atoms with Crippen molar-refractivity contribution in [2.75, 3.05) is 0 Å². The number of carbonyl (C=O) groups excluding carboxylic acids is 1. The van der Waals surface area contributed by atoms with E-state index in [9.17, 15) is 4.79 Å². The summed E-state index contributed by atoms with van der Waals surface area (Å²) >= 11 is 3.36. The van der Waals surface area contributed by atoms with Crippen LogP contribution in [-0.4, -0.2) is 20.7 Å². The average Bonchev–Trinajstić information content (AvgIpc) is 2.66. The molecule has 0 unspecified atom stereocenters. The molecule has 0 saturated carbocycles. The molecule has 0 fully saturated rings. The number of benzene rings is 1. The van der Waals surface area contributed by atoms with Crippen LogP contribution in [0.15, 0.2) is 22.7 Å². The highest BCUT2D eigenvalue weighted by molar-refractivity contribution is 9.10. The van der Waals surface area contributed by atoms with Gasteiger partial charge in [0.25, 0.3) is 0 Å². The lowest BCUT2D eigenvalue weighted by Gasteiger charge is -2.06. The summed E-state index contributed by atoms with van der Waals surface area (Å²) in [4.78, 5) is 11.9. The largest absolute Gasteiger partial charge is 0.454 e. The van der Waals surface area contributed by atoms with E-state index < -0.39 is 0 Å². The van der Waals surface area contributed by atoms with Crippen LogP contribution in [-0.2, 0) is 18.4 Å². The van der Waals surface area contributed by atoms with Crippen molar-refractivity contribution < 1.29 is 9.53 Å². The van der Waals surface area contributed by atoms with Crippen molar-refractivity contribution in [3.63, 3.8) is 0 Å². The monoisotopic (exact) mass is 323 g/mol. The second-order valence-corrected chi connectivity index (χ2v) is 5.23. The van der Waals surface area contributed by atoms with Gasteiger partial charge in [0.1, 0.15) is 5.82 Å². The molecule has 100 valence electrons. The zero-order chi connectivity index (χ0) is 14.0. The Morgan fingerprint density at radius 2 is 2.05 bits per heavy atom. The molecular weight excluding hydrogens is 310 g/mol. The number of esters is 1. The molecule has 1 aromatic carbocycles. The number of halogens is 1. The van der Waals surface area contributed by atoms with Crippen LogP contribution in [0.4, 0.5) is 0 Å². The maximum absolute atomic E-state index is 11.9. The summed E-state index contributed by atoms with van der Waals surface area (Å²) in [6.45, 7) is 3.88. The molecule has 0 spiro atoms. The molecule has 0 atom stereocenters. The average molecular weight is 324 g/mol. The summed E-state index contributed by atoms with van der Waals surface area (Å²) in [5.74, 6) is 1.03. The molecule has 1 aromatic heterocycles. The highest BCUT2D eigenvalue weighted by Gasteiger charge is 2.11. The van der Waals surface area contributed by atoms with Crippen LogP contribution in [0.3, 0.4) is 0 Å². The predicted molar refractivity (Wildman–Crippen MR) is 73.7 cm³/mol. The molecule has 19 heavy (non-hydrogen) atoms. The molecule has 2 rings (SSSR count). The first-order valence-electron chi connectivity index (χ1n) is 5.76. The Hall–Kier alpha value is -1.69. The number of nitrogens with zero attached hydrogens (tertiary/aromatic N) is 3. The van der Waals surface area contributed by atoms with Crippen LogP contribution in [0, 0.1) is 13.8 Å². The Labute approximate surface area is 119 Å². The lowest BCUT2D eigenvalue weighted by atomic mass is 10.1. The van der Waals surface area contributed by atoms with Gasteiger partial charge in [0, 0.05) is 11.5 Å². The van der Waals surface area contributed by atoms with Crippen molar-refractivity contribution in [1.82, 2.24) is 14.8 Å². The Morgan fingerprint density at radius 1 is 1.32 bits per heavy atom. The number of hydrogen-bond acceptors (Lipinski definition) is 4. The fourth-order valence-electron chi connectivity index (χ4n) is 1.64. The van der Waals surface area contributed by atoms with E-state index in [1.54, 1.807) is 16.7 Å². The zero-order valence-electron chi connectivity index (χ0n) is 11.0. The predicted octanol–water partition coefficient (Wildman–Crippen LogP) is 2.55. The van der Waals surface area contributed by atoms with Gasteiger partial charge in [-0.25, -0.2) is 4.79 Å². The number of aryl methyl sites for hydroxylation is 2. The van der Waals surface area contributed by atoms with Gasteiger partial charge >= 0.3 is 5.97 Å². The van der Waals surface area contributed by atoms with Crippen LogP contribution in [0.2, 0.25) is 0 Å². The van der Waals surface area contributed by atoms with Gasteiger partial charge in [-0.15, -0.1) is 10.2 Å². The first kappa shape index (κ1) is 13.7. The van der Waals surface area contributed by atoms with E-state index in [4.69, 9.17) is 4.74 Å². The molecular formula is C13H14BrN3O2. The van der Waals surface area contributed by atoms with Gasteiger partial charge in [-0.3, -0.25) is 0 Å². The molecule has 1 heterocycles. The molecule has 6 heteroatoms. The topological polar surface area (TPSA) is 57.0 Å². The highest BCUT2D eigenvalue weighted by atomic mass is 79.9. The third-order valence-corrected chi connectivity index (χ3v) is 3.25.